The van der Waals surface area contributed by atoms with Crippen LogP contribution in [0.4, 0.5) is 0 Å². The average Bonchev–Trinajstić information content (AvgIpc) is 2.42. The summed E-state index contributed by atoms with van der Waals surface area (Å²) < 4.78 is 3.44. The number of hydrogen-bond acceptors (Lipinski definition) is 1. The van der Waals surface area contributed by atoms with Gasteiger partial charge in [-0.15, -0.1) is 11.6 Å². The van der Waals surface area contributed by atoms with Crippen molar-refractivity contribution >= 4 is 17.3 Å². The zero-order valence-corrected chi connectivity index (χ0v) is 9.98. The molecule has 0 bridgehead atoms. The summed E-state index contributed by atoms with van der Waals surface area (Å²) in [6.45, 7) is 1.90. The maximum absolute atomic E-state index is 11.8. The first-order valence-corrected chi connectivity index (χ1v) is 5.50. The summed E-state index contributed by atoms with van der Waals surface area (Å²) in [5.74, 6) is 0. The number of rotatable bonds is 1. The van der Waals surface area contributed by atoms with Crippen molar-refractivity contribution in [3.63, 3.8) is 0 Å². The van der Waals surface area contributed by atoms with E-state index in [-0.39, 0.29) is 10.9 Å². The molecule has 3 nitrogen and oxygen atoms in total. The lowest BCUT2D eigenvalue weighted by molar-refractivity contribution is 0.644. The van der Waals surface area contributed by atoms with Crippen molar-refractivity contribution in [2.75, 3.05) is 0 Å². The number of hydrogen-bond donors (Lipinski definition) is 0. The Kier molecular flexibility index (Phi) is 2.88. The SMILES string of the molecule is Cc1cc(=O)n(C2=CC=CC(Cl)C=C2)n1C. The number of aromatic nitrogens is 2. The summed E-state index contributed by atoms with van der Waals surface area (Å²) in [6, 6.07) is 1.61. The Morgan fingerprint density at radius 2 is 2.12 bits per heavy atom. The lowest BCUT2D eigenvalue weighted by Gasteiger charge is -2.08. The standard InChI is InChI=1S/C12H13ClN2O/c1-9-8-12(16)15(14(9)2)11-5-3-4-10(13)6-7-11/h3-8,10H,1-2H3. The van der Waals surface area contributed by atoms with Gasteiger partial charge in [-0.05, 0) is 19.1 Å². The Morgan fingerprint density at radius 1 is 1.38 bits per heavy atom. The van der Waals surface area contributed by atoms with Crippen LogP contribution in [-0.4, -0.2) is 14.7 Å². The van der Waals surface area contributed by atoms with Crippen LogP contribution < -0.4 is 5.56 Å². The lowest BCUT2D eigenvalue weighted by Crippen LogP contribution is -2.19. The normalized spacial score (nSPS) is 19.7. The van der Waals surface area contributed by atoms with E-state index in [1.165, 1.54) is 0 Å². The number of allylic oxidation sites excluding steroid dienone is 6. The fourth-order valence-corrected chi connectivity index (χ4v) is 1.81. The van der Waals surface area contributed by atoms with Gasteiger partial charge in [0.05, 0.1) is 11.1 Å². The van der Waals surface area contributed by atoms with E-state index in [0.717, 1.165) is 11.4 Å². The molecule has 84 valence electrons. The minimum atomic E-state index is -0.120. The van der Waals surface area contributed by atoms with Crippen molar-refractivity contribution in [3.05, 3.63) is 52.5 Å². The highest BCUT2D eigenvalue weighted by Gasteiger charge is 2.08. The van der Waals surface area contributed by atoms with Gasteiger partial charge in [0.25, 0.3) is 5.56 Å². The third-order valence-corrected chi connectivity index (χ3v) is 2.90. The molecule has 0 saturated carbocycles. The van der Waals surface area contributed by atoms with Crippen LogP contribution >= 0.6 is 11.6 Å². The molecule has 1 heterocycles. The molecule has 1 atom stereocenters. The van der Waals surface area contributed by atoms with Gasteiger partial charge in [0.1, 0.15) is 0 Å². The number of aryl methyl sites for hydroxylation is 1. The molecule has 4 heteroatoms. The number of halogens is 1. The van der Waals surface area contributed by atoms with Crippen LogP contribution in [0.5, 0.6) is 0 Å². The summed E-state index contributed by atoms with van der Waals surface area (Å²) in [4.78, 5) is 11.8. The van der Waals surface area contributed by atoms with E-state index in [1.807, 2.05) is 49.0 Å². The Balaban J connectivity index is 2.53. The lowest BCUT2D eigenvalue weighted by atomic mass is 10.3. The van der Waals surface area contributed by atoms with Gasteiger partial charge >= 0.3 is 0 Å². The van der Waals surface area contributed by atoms with Crippen LogP contribution in [0.15, 0.2) is 41.2 Å². The van der Waals surface area contributed by atoms with Gasteiger partial charge in [-0.1, -0.05) is 18.2 Å². The maximum Gasteiger partial charge on any atom is 0.271 e. The molecule has 1 aromatic heterocycles. The topological polar surface area (TPSA) is 26.9 Å². The zero-order chi connectivity index (χ0) is 11.7. The van der Waals surface area contributed by atoms with Crippen molar-refractivity contribution in [2.24, 2.45) is 7.05 Å². The molecular weight excluding hydrogens is 224 g/mol. The summed E-state index contributed by atoms with van der Waals surface area (Å²) in [6.07, 6.45) is 9.32. The van der Waals surface area contributed by atoms with Crippen molar-refractivity contribution in [2.45, 2.75) is 12.3 Å². The third-order valence-electron chi connectivity index (χ3n) is 2.61. The smallest absolute Gasteiger partial charge is 0.271 e. The minimum absolute atomic E-state index is 0.0303. The molecule has 0 aliphatic heterocycles. The molecule has 1 aliphatic rings. The predicted octanol–water partition coefficient (Wildman–Crippen LogP) is 2.07. The molecule has 16 heavy (non-hydrogen) atoms. The minimum Gasteiger partial charge on any atom is -0.285 e. The monoisotopic (exact) mass is 236 g/mol. The highest BCUT2D eigenvalue weighted by Crippen LogP contribution is 2.12. The Hall–Kier alpha value is -1.48. The van der Waals surface area contributed by atoms with Crippen LogP contribution in [0.25, 0.3) is 5.70 Å². The molecule has 1 aromatic rings. The van der Waals surface area contributed by atoms with Crippen LogP contribution in [0, 0.1) is 6.92 Å². The molecule has 0 radical (unpaired) electrons. The van der Waals surface area contributed by atoms with E-state index in [9.17, 15) is 4.79 Å². The fraction of sp³-hybridized carbons (Fsp3) is 0.250. The molecule has 0 amide bonds. The second-order valence-corrected chi connectivity index (χ2v) is 4.24. The number of nitrogens with zero attached hydrogens (tertiary/aromatic N) is 2. The summed E-state index contributed by atoms with van der Waals surface area (Å²) in [7, 11) is 1.86. The number of alkyl halides is 1. The van der Waals surface area contributed by atoms with E-state index in [1.54, 1.807) is 10.7 Å². The van der Waals surface area contributed by atoms with Crippen molar-refractivity contribution in [1.82, 2.24) is 9.36 Å². The molecule has 1 unspecified atom stereocenters. The quantitative estimate of drug-likeness (QED) is 0.686. The largest absolute Gasteiger partial charge is 0.285 e. The third kappa shape index (κ3) is 1.91. The molecule has 0 fully saturated rings. The van der Waals surface area contributed by atoms with Crippen LogP contribution in [0.2, 0.25) is 0 Å². The maximum atomic E-state index is 11.8. The van der Waals surface area contributed by atoms with Gasteiger partial charge in [0.2, 0.25) is 0 Å². The Bertz CT molecular complexity index is 546. The van der Waals surface area contributed by atoms with Gasteiger partial charge in [0, 0.05) is 18.8 Å². The molecule has 1 aliphatic carbocycles. The second-order valence-electron chi connectivity index (χ2n) is 3.74. The first-order valence-electron chi connectivity index (χ1n) is 5.06. The van der Waals surface area contributed by atoms with Crippen LogP contribution in [0.3, 0.4) is 0 Å². The second kappa shape index (κ2) is 4.18. The van der Waals surface area contributed by atoms with E-state index < -0.39 is 0 Å². The van der Waals surface area contributed by atoms with Crippen LogP contribution in [0.1, 0.15) is 5.69 Å². The Morgan fingerprint density at radius 3 is 2.75 bits per heavy atom. The molecule has 0 spiro atoms. The van der Waals surface area contributed by atoms with E-state index >= 15 is 0 Å². The first-order chi connectivity index (χ1) is 7.59. The van der Waals surface area contributed by atoms with E-state index in [2.05, 4.69) is 0 Å². The molecule has 0 N–H and O–H groups in total. The summed E-state index contributed by atoms with van der Waals surface area (Å²) in [5.41, 5.74) is 1.72. The van der Waals surface area contributed by atoms with Gasteiger partial charge in [-0.3, -0.25) is 9.48 Å². The van der Waals surface area contributed by atoms with Crippen molar-refractivity contribution in [3.8, 4) is 0 Å². The van der Waals surface area contributed by atoms with Gasteiger partial charge in [-0.25, -0.2) is 4.68 Å². The molecule has 0 saturated heterocycles. The highest BCUT2D eigenvalue weighted by molar-refractivity contribution is 6.23. The fourth-order valence-electron chi connectivity index (χ4n) is 1.65. The molecule has 0 aromatic carbocycles. The van der Waals surface area contributed by atoms with Gasteiger partial charge in [0.15, 0.2) is 0 Å². The average molecular weight is 237 g/mol. The molecule has 2 rings (SSSR count). The Labute approximate surface area is 98.9 Å². The van der Waals surface area contributed by atoms with Crippen molar-refractivity contribution < 1.29 is 0 Å². The van der Waals surface area contributed by atoms with E-state index in [4.69, 9.17) is 11.6 Å². The first kappa shape index (κ1) is 11.0. The van der Waals surface area contributed by atoms with Gasteiger partial charge < -0.3 is 0 Å². The zero-order valence-electron chi connectivity index (χ0n) is 9.22. The van der Waals surface area contributed by atoms with E-state index in [0.29, 0.717) is 0 Å². The summed E-state index contributed by atoms with van der Waals surface area (Å²) in [5, 5.41) is -0.120. The summed E-state index contributed by atoms with van der Waals surface area (Å²) >= 11 is 5.96. The van der Waals surface area contributed by atoms with Crippen LogP contribution in [-0.2, 0) is 7.05 Å². The predicted molar refractivity (Wildman–Crippen MR) is 66.6 cm³/mol. The highest BCUT2D eigenvalue weighted by atomic mass is 35.5. The van der Waals surface area contributed by atoms with Gasteiger partial charge in [-0.2, -0.15) is 0 Å². The van der Waals surface area contributed by atoms with Crippen molar-refractivity contribution in [1.29, 1.82) is 0 Å². The molecular formula is C12H13ClN2O.